The molecule has 2 aromatic rings. The highest BCUT2D eigenvalue weighted by molar-refractivity contribution is 5.92. The summed E-state index contributed by atoms with van der Waals surface area (Å²) in [6.45, 7) is 5.99. The fourth-order valence-electron chi connectivity index (χ4n) is 1.96. The van der Waals surface area contributed by atoms with Crippen LogP contribution in [0.2, 0.25) is 0 Å². The van der Waals surface area contributed by atoms with E-state index in [0.717, 1.165) is 12.1 Å². The molecule has 0 fully saturated rings. The highest BCUT2D eigenvalue weighted by Crippen LogP contribution is 2.10. The van der Waals surface area contributed by atoms with Gasteiger partial charge in [-0.15, -0.1) is 0 Å². The lowest BCUT2D eigenvalue weighted by Crippen LogP contribution is -2.33. The van der Waals surface area contributed by atoms with Crippen molar-refractivity contribution < 1.29 is 14.1 Å². The number of hydrogen-bond donors (Lipinski definition) is 0. The molecule has 0 saturated carbocycles. The minimum Gasteiger partial charge on any atom is -0.383 e. The Hall–Kier alpha value is -2.15. The highest BCUT2D eigenvalue weighted by Gasteiger charge is 2.20. The second kappa shape index (κ2) is 7.03. The van der Waals surface area contributed by atoms with E-state index in [-0.39, 0.29) is 5.91 Å². The summed E-state index contributed by atoms with van der Waals surface area (Å²) in [4.78, 5) is 14.1. The highest BCUT2D eigenvalue weighted by atomic mass is 16.5. The van der Waals surface area contributed by atoms with Crippen LogP contribution in [0.3, 0.4) is 0 Å². The van der Waals surface area contributed by atoms with Crippen LogP contribution in [-0.2, 0) is 17.8 Å². The molecule has 0 spiro atoms. The van der Waals surface area contributed by atoms with Crippen LogP contribution >= 0.6 is 0 Å². The van der Waals surface area contributed by atoms with Crippen LogP contribution in [0.4, 0.5) is 0 Å². The van der Waals surface area contributed by atoms with E-state index in [4.69, 9.17) is 9.26 Å². The Morgan fingerprint density at radius 2 is 2.33 bits per heavy atom. The molecule has 0 N–H and O–H groups in total. The Bertz CT molecular complexity index is 591. The van der Waals surface area contributed by atoms with Crippen molar-refractivity contribution in [1.29, 1.82) is 0 Å². The van der Waals surface area contributed by atoms with Crippen LogP contribution in [0.15, 0.2) is 23.0 Å². The maximum atomic E-state index is 12.5. The number of aromatic nitrogens is 3. The van der Waals surface area contributed by atoms with Crippen LogP contribution < -0.4 is 0 Å². The van der Waals surface area contributed by atoms with Crippen molar-refractivity contribution in [2.24, 2.45) is 0 Å². The lowest BCUT2D eigenvalue weighted by Gasteiger charge is -2.20. The summed E-state index contributed by atoms with van der Waals surface area (Å²) in [6.07, 6.45) is 3.70. The fraction of sp³-hybridized carbons (Fsp3) is 0.500. The first-order chi connectivity index (χ1) is 10.1. The van der Waals surface area contributed by atoms with E-state index in [1.165, 1.54) is 0 Å². The van der Waals surface area contributed by atoms with Gasteiger partial charge in [0, 0.05) is 44.6 Å². The molecule has 21 heavy (non-hydrogen) atoms. The van der Waals surface area contributed by atoms with E-state index >= 15 is 0 Å². The quantitative estimate of drug-likeness (QED) is 0.773. The van der Waals surface area contributed by atoms with Crippen LogP contribution in [0, 0.1) is 6.92 Å². The molecule has 1 amide bonds. The van der Waals surface area contributed by atoms with Gasteiger partial charge >= 0.3 is 0 Å². The van der Waals surface area contributed by atoms with Crippen molar-refractivity contribution in [2.75, 3.05) is 20.3 Å². The monoisotopic (exact) mass is 292 g/mol. The minimum atomic E-state index is -0.173. The van der Waals surface area contributed by atoms with Crippen molar-refractivity contribution in [1.82, 2.24) is 19.8 Å². The van der Waals surface area contributed by atoms with Gasteiger partial charge in [0.25, 0.3) is 5.91 Å². The maximum absolute atomic E-state index is 12.5. The first-order valence-corrected chi connectivity index (χ1v) is 6.87. The minimum absolute atomic E-state index is 0.173. The van der Waals surface area contributed by atoms with E-state index in [1.54, 1.807) is 31.2 Å². The molecule has 0 atom stereocenters. The van der Waals surface area contributed by atoms with Crippen molar-refractivity contribution in [3.8, 4) is 0 Å². The first kappa shape index (κ1) is 15.2. The summed E-state index contributed by atoms with van der Waals surface area (Å²) in [5.41, 5.74) is 1.29. The Balaban J connectivity index is 2.11. The number of ether oxygens (including phenoxy) is 1. The van der Waals surface area contributed by atoms with Crippen LogP contribution in [-0.4, -0.2) is 46.0 Å². The molecule has 2 heterocycles. The zero-order valence-electron chi connectivity index (χ0n) is 12.6. The summed E-state index contributed by atoms with van der Waals surface area (Å²) in [5, 5.41) is 8.00. The molecular formula is C14H20N4O3. The predicted molar refractivity (Wildman–Crippen MR) is 75.8 cm³/mol. The summed E-state index contributed by atoms with van der Waals surface area (Å²) in [5.74, 6) is 0.442. The van der Waals surface area contributed by atoms with Crippen molar-refractivity contribution in [3.05, 3.63) is 35.5 Å². The Morgan fingerprint density at radius 3 is 2.90 bits per heavy atom. The second-order valence-corrected chi connectivity index (χ2v) is 4.75. The van der Waals surface area contributed by atoms with Gasteiger partial charge in [0.1, 0.15) is 5.76 Å². The lowest BCUT2D eigenvalue weighted by molar-refractivity contribution is 0.0670. The molecule has 0 aromatic carbocycles. The van der Waals surface area contributed by atoms with Gasteiger partial charge in [-0.25, -0.2) is 0 Å². The number of hydrogen-bond acceptors (Lipinski definition) is 5. The average Bonchev–Trinajstić information content (AvgIpc) is 3.11. The summed E-state index contributed by atoms with van der Waals surface area (Å²) in [7, 11) is 1.61. The van der Waals surface area contributed by atoms with Crippen LogP contribution in [0.5, 0.6) is 0 Å². The van der Waals surface area contributed by atoms with E-state index in [9.17, 15) is 4.79 Å². The fourth-order valence-corrected chi connectivity index (χ4v) is 1.96. The molecule has 2 rings (SSSR count). The van der Waals surface area contributed by atoms with E-state index in [1.807, 2.05) is 17.8 Å². The zero-order chi connectivity index (χ0) is 15.2. The first-order valence-electron chi connectivity index (χ1n) is 6.87. The molecular weight excluding hydrogens is 272 g/mol. The largest absolute Gasteiger partial charge is 0.383 e. The molecule has 0 aliphatic heterocycles. The number of rotatable bonds is 7. The Morgan fingerprint density at radius 1 is 1.52 bits per heavy atom. The SMILES string of the molecule is CCn1cc(CN(CCOC)C(=O)c2cc(C)on2)cn1. The van der Waals surface area contributed by atoms with Gasteiger partial charge in [-0.05, 0) is 13.8 Å². The molecule has 0 aliphatic carbocycles. The van der Waals surface area contributed by atoms with Gasteiger partial charge in [-0.2, -0.15) is 5.10 Å². The van der Waals surface area contributed by atoms with Gasteiger partial charge in [0.15, 0.2) is 5.69 Å². The third kappa shape index (κ3) is 3.91. The third-order valence-electron chi connectivity index (χ3n) is 3.08. The molecule has 0 bridgehead atoms. The van der Waals surface area contributed by atoms with Gasteiger partial charge < -0.3 is 14.2 Å². The van der Waals surface area contributed by atoms with Crippen molar-refractivity contribution >= 4 is 5.91 Å². The smallest absolute Gasteiger partial charge is 0.276 e. The number of aryl methyl sites for hydroxylation is 2. The van der Waals surface area contributed by atoms with E-state index in [2.05, 4.69) is 10.3 Å². The zero-order valence-corrected chi connectivity index (χ0v) is 12.6. The van der Waals surface area contributed by atoms with Crippen molar-refractivity contribution in [2.45, 2.75) is 26.9 Å². The molecule has 0 saturated heterocycles. The second-order valence-electron chi connectivity index (χ2n) is 4.75. The summed E-state index contributed by atoms with van der Waals surface area (Å²) >= 11 is 0. The molecule has 0 radical (unpaired) electrons. The molecule has 114 valence electrons. The Labute approximate surface area is 123 Å². The van der Waals surface area contributed by atoms with Gasteiger partial charge in [0.2, 0.25) is 0 Å². The van der Waals surface area contributed by atoms with Crippen molar-refractivity contribution in [3.63, 3.8) is 0 Å². The standard InChI is InChI=1S/C14H20N4O3/c1-4-18-10-12(8-15-18)9-17(5-6-20-3)14(19)13-7-11(2)21-16-13/h7-8,10H,4-6,9H2,1-3H3. The van der Waals surface area contributed by atoms with E-state index in [0.29, 0.717) is 31.2 Å². The lowest BCUT2D eigenvalue weighted by atomic mass is 10.2. The molecule has 2 aromatic heterocycles. The predicted octanol–water partition coefficient (Wildman–Crippen LogP) is 1.49. The molecule has 0 aliphatic rings. The topological polar surface area (TPSA) is 73.4 Å². The average molecular weight is 292 g/mol. The molecule has 7 nitrogen and oxygen atoms in total. The number of amides is 1. The third-order valence-corrected chi connectivity index (χ3v) is 3.08. The summed E-state index contributed by atoms with van der Waals surface area (Å²) in [6, 6.07) is 1.64. The van der Waals surface area contributed by atoms with E-state index < -0.39 is 0 Å². The Kier molecular flexibility index (Phi) is 5.10. The van der Waals surface area contributed by atoms with Gasteiger partial charge in [-0.3, -0.25) is 9.48 Å². The molecule has 7 heteroatoms. The number of methoxy groups -OCH3 is 1. The number of carbonyl (C=O) groups excluding carboxylic acids is 1. The number of nitrogens with zero attached hydrogens (tertiary/aromatic N) is 4. The van der Waals surface area contributed by atoms with Gasteiger partial charge in [0.05, 0.1) is 12.8 Å². The molecule has 0 unspecified atom stereocenters. The van der Waals surface area contributed by atoms with Crippen LogP contribution in [0.1, 0.15) is 28.7 Å². The summed E-state index contributed by atoms with van der Waals surface area (Å²) < 4.78 is 11.9. The normalized spacial score (nSPS) is 10.8. The number of carbonyl (C=O) groups is 1. The van der Waals surface area contributed by atoms with Crippen LogP contribution in [0.25, 0.3) is 0 Å². The maximum Gasteiger partial charge on any atom is 0.276 e. The van der Waals surface area contributed by atoms with Gasteiger partial charge in [-0.1, -0.05) is 5.16 Å².